The van der Waals surface area contributed by atoms with Crippen LogP contribution >= 0.6 is 0 Å². The molecule has 0 heterocycles. The second-order valence-corrected chi connectivity index (χ2v) is 1.86. The van der Waals surface area contributed by atoms with Crippen LogP contribution in [0.3, 0.4) is 0 Å². The molecule has 54 valence electrons. The summed E-state index contributed by atoms with van der Waals surface area (Å²) in [7, 11) is 1.57. The van der Waals surface area contributed by atoms with Crippen molar-refractivity contribution in [1.82, 2.24) is 10.6 Å². The molecule has 0 rings (SSSR count). The minimum Gasteiger partial charge on any atom is -0.341 e. The lowest BCUT2D eigenvalue weighted by molar-refractivity contribution is 0.240. The van der Waals surface area contributed by atoms with Crippen LogP contribution in [0.1, 0.15) is 6.92 Å². The second-order valence-electron chi connectivity index (χ2n) is 1.86. The summed E-state index contributed by atoms with van der Waals surface area (Å²) in [6.07, 6.45) is 0. The summed E-state index contributed by atoms with van der Waals surface area (Å²) in [5, 5.41) is 5.03. The smallest absolute Gasteiger partial charge is 0.314 e. The van der Waals surface area contributed by atoms with E-state index in [4.69, 9.17) is 5.73 Å². The Labute approximate surface area is 54.8 Å². The van der Waals surface area contributed by atoms with E-state index in [0.717, 1.165) is 0 Å². The van der Waals surface area contributed by atoms with Gasteiger partial charge in [-0.3, -0.25) is 0 Å². The lowest BCUT2D eigenvalue weighted by Gasteiger charge is -2.09. The van der Waals surface area contributed by atoms with Gasteiger partial charge in [0, 0.05) is 19.6 Å². The third-order valence-electron chi connectivity index (χ3n) is 0.958. The molecule has 1 atom stereocenters. The van der Waals surface area contributed by atoms with Crippen LogP contribution in [0.25, 0.3) is 0 Å². The molecule has 0 aliphatic heterocycles. The van der Waals surface area contributed by atoms with Gasteiger partial charge in [0.1, 0.15) is 0 Å². The molecule has 9 heavy (non-hydrogen) atoms. The Bertz CT molecular complexity index is 94.2. The molecule has 0 aromatic rings. The summed E-state index contributed by atoms with van der Waals surface area (Å²) in [5.41, 5.74) is 5.23. The molecule has 2 amide bonds. The average molecular weight is 131 g/mol. The first-order valence-electron chi connectivity index (χ1n) is 2.89. The predicted molar refractivity (Wildman–Crippen MR) is 36.1 cm³/mol. The number of hydrogen-bond donors (Lipinski definition) is 3. The van der Waals surface area contributed by atoms with Crippen molar-refractivity contribution in [2.45, 2.75) is 13.0 Å². The van der Waals surface area contributed by atoms with Crippen molar-refractivity contribution in [2.24, 2.45) is 5.73 Å². The first kappa shape index (κ1) is 8.23. The molecule has 0 aromatic carbocycles. The van der Waals surface area contributed by atoms with Crippen LogP contribution in [-0.4, -0.2) is 25.7 Å². The Morgan fingerprint density at radius 3 is 2.67 bits per heavy atom. The average Bonchev–Trinajstić information content (AvgIpc) is 1.87. The Morgan fingerprint density at radius 2 is 2.33 bits per heavy atom. The first-order chi connectivity index (χ1) is 4.20. The predicted octanol–water partition coefficient (Wildman–Crippen LogP) is -0.737. The molecule has 0 bridgehead atoms. The van der Waals surface area contributed by atoms with Crippen molar-refractivity contribution in [1.29, 1.82) is 0 Å². The van der Waals surface area contributed by atoms with Gasteiger partial charge >= 0.3 is 6.03 Å². The van der Waals surface area contributed by atoms with Crippen LogP contribution in [0.2, 0.25) is 0 Å². The van der Waals surface area contributed by atoms with Gasteiger partial charge in [0.15, 0.2) is 0 Å². The summed E-state index contributed by atoms with van der Waals surface area (Å²) in [5.74, 6) is 0. The first-order valence-corrected chi connectivity index (χ1v) is 2.89. The van der Waals surface area contributed by atoms with Gasteiger partial charge in [-0.1, -0.05) is 0 Å². The fraction of sp³-hybridized carbons (Fsp3) is 0.800. The molecule has 0 saturated carbocycles. The van der Waals surface area contributed by atoms with Gasteiger partial charge in [-0.05, 0) is 6.92 Å². The topological polar surface area (TPSA) is 67.2 Å². The standard InChI is InChI=1S/C5H13N3O/c1-4(3-6)8-5(9)7-2/h4H,3,6H2,1-2H3,(H2,7,8,9). The van der Waals surface area contributed by atoms with Gasteiger partial charge in [-0.15, -0.1) is 0 Å². The van der Waals surface area contributed by atoms with Gasteiger partial charge in [-0.25, -0.2) is 4.79 Å². The molecule has 0 saturated heterocycles. The van der Waals surface area contributed by atoms with E-state index in [9.17, 15) is 4.79 Å². The highest BCUT2D eigenvalue weighted by atomic mass is 16.2. The summed E-state index contributed by atoms with van der Waals surface area (Å²) in [4.78, 5) is 10.5. The maximum absolute atomic E-state index is 10.5. The van der Waals surface area contributed by atoms with Crippen LogP contribution in [0.15, 0.2) is 0 Å². The van der Waals surface area contributed by atoms with Crippen molar-refractivity contribution in [3.8, 4) is 0 Å². The van der Waals surface area contributed by atoms with E-state index in [0.29, 0.717) is 6.54 Å². The molecule has 0 aromatic heterocycles. The third-order valence-corrected chi connectivity index (χ3v) is 0.958. The molecular formula is C5H13N3O. The van der Waals surface area contributed by atoms with E-state index in [1.165, 1.54) is 0 Å². The summed E-state index contributed by atoms with van der Waals surface area (Å²) in [6, 6.07) is -0.141. The largest absolute Gasteiger partial charge is 0.341 e. The van der Waals surface area contributed by atoms with Crippen LogP contribution in [-0.2, 0) is 0 Å². The minimum atomic E-state index is -0.187. The van der Waals surface area contributed by atoms with E-state index in [-0.39, 0.29) is 12.1 Å². The fourth-order valence-electron chi connectivity index (χ4n) is 0.355. The number of nitrogens with two attached hydrogens (primary N) is 1. The van der Waals surface area contributed by atoms with Gasteiger partial charge in [-0.2, -0.15) is 0 Å². The van der Waals surface area contributed by atoms with Crippen molar-refractivity contribution in [3.05, 3.63) is 0 Å². The molecular weight excluding hydrogens is 118 g/mol. The molecule has 4 nitrogen and oxygen atoms in total. The number of hydrogen-bond acceptors (Lipinski definition) is 2. The van der Waals surface area contributed by atoms with E-state index < -0.39 is 0 Å². The Balaban J connectivity index is 3.34. The Hall–Kier alpha value is -0.770. The summed E-state index contributed by atoms with van der Waals surface area (Å²) < 4.78 is 0. The normalized spacial score (nSPS) is 12.3. The second kappa shape index (κ2) is 4.14. The zero-order valence-electron chi connectivity index (χ0n) is 5.77. The minimum absolute atomic E-state index is 0.0462. The number of amides is 2. The van der Waals surface area contributed by atoms with E-state index in [2.05, 4.69) is 10.6 Å². The lowest BCUT2D eigenvalue weighted by Crippen LogP contribution is -2.42. The highest BCUT2D eigenvalue weighted by Gasteiger charge is 2.00. The third kappa shape index (κ3) is 3.78. The molecule has 0 spiro atoms. The zero-order valence-corrected chi connectivity index (χ0v) is 5.77. The van der Waals surface area contributed by atoms with Crippen LogP contribution < -0.4 is 16.4 Å². The van der Waals surface area contributed by atoms with E-state index in [1.54, 1.807) is 7.05 Å². The molecule has 0 fully saturated rings. The highest BCUT2D eigenvalue weighted by Crippen LogP contribution is 1.73. The number of urea groups is 1. The molecule has 0 radical (unpaired) electrons. The maximum atomic E-state index is 10.5. The molecule has 4 heteroatoms. The van der Waals surface area contributed by atoms with E-state index in [1.807, 2.05) is 6.92 Å². The molecule has 1 unspecified atom stereocenters. The lowest BCUT2D eigenvalue weighted by atomic mass is 10.3. The highest BCUT2D eigenvalue weighted by molar-refractivity contribution is 5.73. The van der Waals surface area contributed by atoms with Crippen molar-refractivity contribution in [3.63, 3.8) is 0 Å². The number of rotatable bonds is 2. The van der Waals surface area contributed by atoms with Crippen LogP contribution in [0.5, 0.6) is 0 Å². The van der Waals surface area contributed by atoms with Crippen molar-refractivity contribution >= 4 is 6.03 Å². The number of nitrogens with one attached hydrogen (secondary N) is 2. The van der Waals surface area contributed by atoms with Gasteiger partial charge in [0.2, 0.25) is 0 Å². The Kier molecular flexibility index (Phi) is 3.79. The molecule has 0 aliphatic rings. The fourth-order valence-corrected chi connectivity index (χ4v) is 0.355. The van der Waals surface area contributed by atoms with Gasteiger partial charge in [0.25, 0.3) is 0 Å². The quantitative estimate of drug-likeness (QED) is 0.462. The number of carbonyl (C=O) groups is 1. The van der Waals surface area contributed by atoms with Crippen LogP contribution in [0.4, 0.5) is 4.79 Å². The van der Waals surface area contributed by atoms with Crippen LogP contribution in [0, 0.1) is 0 Å². The maximum Gasteiger partial charge on any atom is 0.314 e. The SMILES string of the molecule is CNC(=O)NC(C)CN. The monoisotopic (exact) mass is 131 g/mol. The Morgan fingerprint density at radius 1 is 1.78 bits per heavy atom. The van der Waals surface area contributed by atoms with E-state index >= 15 is 0 Å². The molecule has 4 N–H and O–H groups in total. The molecule has 0 aliphatic carbocycles. The summed E-state index contributed by atoms with van der Waals surface area (Å²) >= 11 is 0. The van der Waals surface area contributed by atoms with Gasteiger partial charge < -0.3 is 16.4 Å². The summed E-state index contributed by atoms with van der Waals surface area (Å²) in [6.45, 7) is 2.31. The van der Waals surface area contributed by atoms with Gasteiger partial charge in [0.05, 0.1) is 0 Å². The zero-order chi connectivity index (χ0) is 7.28. The van der Waals surface area contributed by atoms with Crippen molar-refractivity contribution < 1.29 is 4.79 Å². The van der Waals surface area contributed by atoms with Crippen molar-refractivity contribution in [2.75, 3.05) is 13.6 Å². The number of carbonyl (C=O) groups excluding carboxylic acids is 1.